The zero-order valence-corrected chi connectivity index (χ0v) is 14.9. The lowest BCUT2D eigenvalue weighted by atomic mass is 10.1. The molecule has 0 saturated carbocycles. The second kappa shape index (κ2) is 7.55. The van der Waals surface area contributed by atoms with Crippen molar-refractivity contribution in [3.8, 4) is 11.4 Å². The van der Waals surface area contributed by atoms with E-state index in [0.717, 1.165) is 23.5 Å². The van der Waals surface area contributed by atoms with Crippen molar-refractivity contribution in [2.45, 2.75) is 6.92 Å². The zero-order chi connectivity index (χ0) is 17.8. The minimum atomic E-state index is 0.115. The van der Waals surface area contributed by atoms with Crippen molar-refractivity contribution >= 4 is 46.5 Å². The lowest BCUT2D eigenvalue weighted by Gasteiger charge is -2.12. The number of nitrogens with one attached hydrogen (secondary N) is 2. The van der Waals surface area contributed by atoms with Gasteiger partial charge in [-0.2, -0.15) is 15.0 Å². The Morgan fingerprint density at radius 2 is 1.68 bits per heavy atom. The molecule has 0 atom stereocenters. The maximum Gasteiger partial charge on any atom is 0.232 e. The number of aromatic nitrogens is 3. The van der Waals surface area contributed by atoms with Crippen molar-refractivity contribution in [3.05, 3.63) is 52.5 Å². The number of nitrogens with zero attached hydrogens (tertiary/aromatic N) is 3. The number of hydrogen-bond donors (Lipinski definition) is 3. The Hall–Kier alpha value is -2.57. The predicted molar refractivity (Wildman–Crippen MR) is 104 cm³/mol. The fraction of sp³-hybridized carbons (Fsp3) is 0.118. The van der Waals surface area contributed by atoms with Crippen molar-refractivity contribution in [1.29, 1.82) is 0 Å². The van der Waals surface area contributed by atoms with Crippen LogP contribution in [0.3, 0.4) is 0 Å². The summed E-state index contributed by atoms with van der Waals surface area (Å²) in [4.78, 5) is 12.8. The van der Waals surface area contributed by atoms with Crippen LogP contribution in [0.25, 0.3) is 11.4 Å². The van der Waals surface area contributed by atoms with Gasteiger partial charge in [0.1, 0.15) is 0 Å². The quantitative estimate of drug-likeness (QED) is 0.604. The van der Waals surface area contributed by atoms with Crippen LogP contribution < -0.4 is 16.4 Å². The van der Waals surface area contributed by atoms with Gasteiger partial charge in [0.25, 0.3) is 0 Å². The Balaban J connectivity index is 1.99. The molecular weight excluding hydrogens is 359 g/mol. The van der Waals surface area contributed by atoms with Crippen LogP contribution in [-0.2, 0) is 0 Å². The van der Waals surface area contributed by atoms with E-state index in [1.807, 2.05) is 25.1 Å². The van der Waals surface area contributed by atoms with E-state index in [0.29, 0.717) is 21.8 Å². The number of anilines is 4. The molecule has 0 unspecified atom stereocenters. The molecule has 0 radical (unpaired) electrons. The van der Waals surface area contributed by atoms with Crippen molar-refractivity contribution in [2.24, 2.45) is 0 Å². The maximum atomic E-state index is 6.13. The molecule has 0 bridgehead atoms. The monoisotopic (exact) mass is 374 g/mol. The van der Waals surface area contributed by atoms with Crippen molar-refractivity contribution in [2.75, 3.05) is 22.9 Å². The Morgan fingerprint density at radius 1 is 0.960 bits per heavy atom. The van der Waals surface area contributed by atoms with Crippen LogP contribution in [0.15, 0.2) is 42.5 Å². The van der Waals surface area contributed by atoms with Crippen LogP contribution in [0, 0.1) is 0 Å². The Labute approximate surface area is 155 Å². The standard InChI is InChI=1S/C17H16Cl2N6/c1-2-21-14-8-5-11(19)9-13(14)15-23-16(20)25-17(24-15)22-12-6-3-10(18)4-7-12/h3-9,21H,2H2,1H3,(H3,20,22,23,24,25). The fourth-order valence-corrected chi connectivity index (χ4v) is 2.58. The van der Waals surface area contributed by atoms with Crippen LogP contribution in [-0.4, -0.2) is 21.5 Å². The van der Waals surface area contributed by atoms with Gasteiger partial charge in [0.2, 0.25) is 11.9 Å². The molecule has 6 nitrogen and oxygen atoms in total. The average molecular weight is 375 g/mol. The van der Waals surface area contributed by atoms with Gasteiger partial charge in [-0.3, -0.25) is 0 Å². The van der Waals surface area contributed by atoms with Crippen LogP contribution in [0.2, 0.25) is 10.0 Å². The molecule has 1 aromatic heterocycles. The molecule has 128 valence electrons. The number of nitrogens with two attached hydrogens (primary N) is 1. The summed E-state index contributed by atoms with van der Waals surface area (Å²) in [6.07, 6.45) is 0. The highest BCUT2D eigenvalue weighted by Crippen LogP contribution is 2.29. The van der Waals surface area contributed by atoms with E-state index in [1.165, 1.54) is 0 Å². The third-order valence-corrected chi connectivity index (χ3v) is 3.83. The second-order valence-electron chi connectivity index (χ2n) is 5.19. The first-order chi connectivity index (χ1) is 12.0. The first-order valence-corrected chi connectivity index (χ1v) is 8.38. The lowest BCUT2D eigenvalue weighted by Crippen LogP contribution is -2.06. The molecule has 3 rings (SSSR count). The lowest BCUT2D eigenvalue weighted by molar-refractivity contribution is 1.07. The highest BCUT2D eigenvalue weighted by atomic mass is 35.5. The summed E-state index contributed by atoms with van der Waals surface area (Å²) < 4.78 is 0. The SMILES string of the molecule is CCNc1ccc(Cl)cc1-c1nc(N)nc(Nc2ccc(Cl)cc2)n1. The topological polar surface area (TPSA) is 88.8 Å². The summed E-state index contributed by atoms with van der Waals surface area (Å²) in [5, 5.41) is 7.59. The summed E-state index contributed by atoms with van der Waals surface area (Å²) in [7, 11) is 0. The molecule has 2 aromatic carbocycles. The van der Waals surface area contributed by atoms with Gasteiger partial charge in [0.15, 0.2) is 5.82 Å². The number of hydrogen-bond acceptors (Lipinski definition) is 6. The van der Waals surface area contributed by atoms with Gasteiger partial charge < -0.3 is 16.4 Å². The number of benzene rings is 2. The first-order valence-electron chi connectivity index (χ1n) is 7.63. The minimum Gasteiger partial charge on any atom is -0.385 e. The van der Waals surface area contributed by atoms with Crippen molar-refractivity contribution in [3.63, 3.8) is 0 Å². The normalized spacial score (nSPS) is 10.5. The molecule has 0 fully saturated rings. The summed E-state index contributed by atoms with van der Waals surface area (Å²) in [6.45, 7) is 2.76. The third kappa shape index (κ3) is 4.29. The van der Waals surface area contributed by atoms with Gasteiger partial charge in [-0.05, 0) is 49.4 Å². The van der Waals surface area contributed by atoms with Gasteiger partial charge in [0.05, 0.1) is 0 Å². The number of halogens is 2. The van der Waals surface area contributed by atoms with Gasteiger partial charge in [-0.25, -0.2) is 0 Å². The highest BCUT2D eigenvalue weighted by molar-refractivity contribution is 6.31. The van der Waals surface area contributed by atoms with Crippen LogP contribution in [0.4, 0.5) is 23.3 Å². The smallest absolute Gasteiger partial charge is 0.232 e. The minimum absolute atomic E-state index is 0.115. The van der Waals surface area contributed by atoms with E-state index >= 15 is 0 Å². The summed E-state index contributed by atoms with van der Waals surface area (Å²) in [5.41, 5.74) is 8.27. The Kier molecular flexibility index (Phi) is 5.21. The fourth-order valence-electron chi connectivity index (χ4n) is 2.28. The van der Waals surface area contributed by atoms with Gasteiger partial charge >= 0.3 is 0 Å². The van der Waals surface area contributed by atoms with Crippen molar-refractivity contribution < 1.29 is 0 Å². The van der Waals surface area contributed by atoms with Gasteiger partial charge in [0, 0.05) is 33.5 Å². The maximum absolute atomic E-state index is 6.13. The molecule has 8 heteroatoms. The molecule has 0 spiro atoms. The van der Waals surface area contributed by atoms with E-state index < -0.39 is 0 Å². The van der Waals surface area contributed by atoms with E-state index in [4.69, 9.17) is 28.9 Å². The number of rotatable bonds is 5. The highest BCUT2D eigenvalue weighted by Gasteiger charge is 2.12. The number of nitrogen functional groups attached to an aromatic ring is 1. The molecule has 0 aliphatic rings. The summed E-state index contributed by atoms with van der Waals surface area (Å²) in [6, 6.07) is 12.7. The molecule has 3 aromatic rings. The zero-order valence-electron chi connectivity index (χ0n) is 13.4. The molecule has 0 amide bonds. The Bertz CT molecular complexity index is 883. The van der Waals surface area contributed by atoms with Crippen LogP contribution >= 0.6 is 23.2 Å². The summed E-state index contributed by atoms with van der Waals surface area (Å²) >= 11 is 12.0. The van der Waals surface area contributed by atoms with E-state index in [2.05, 4.69) is 25.6 Å². The molecule has 1 heterocycles. The first kappa shape index (κ1) is 17.3. The molecule has 0 saturated heterocycles. The van der Waals surface area contributed by atoms with Gasteiger partial charge in [-0.15, -0.1) is 0 Å². The van der Waals surface area contributed by atoms with Crippen molar-refractivity contribution in [1.82, 2.24) is 15.0 Å². The molecular formula is C17H16Cl2N6. The largest absolute Gasteiger partial charge is 0.385 e. The third-order valence-electron chi connectivity index (χ3n) is 3.34. The summed E-state index contributed by atoms with van der Waals surface area (Å²) in [5.74, 6) is 0.888. The Morgan fingerprint density at radius 3 is 2.40 bits per heavy atom. The average Bonchev–Trinajstić information content (AvgIpc) is 2.58. The van der Waals surface area contributed by atoms with Crippen LogP contribution in [0.5, 0.6) is 0 Å². The second-order valence-corrected chi connectivity index (χ2v) is 6.07. The molecule has 4 N–H and O–H groups in total. The van der Waals surface area contributed by atoms with Gasteiger partial charge in [-0.1, -0.05) is 23.2 Å². The van der Waals surface area contributed by atoms with E-state index in [-0.39, 0.29) is 5.95 Å². The predicted octanol–water partition coefficient (Wildman–Crippen LogP) is 4.60. The molecule has 0 aliphatic carbocycles. The van der Waals surface area contributed by atoms with E-state index in [1.54, 1.807) is 24.3 Å². The van der Waals surface area contributed by atoms with Crippen LogP contribution in [0.1, 0.15) is 6.92 Å². The molecule has 0 aliphatic heterocycles. The molecule has 25 heavy (non-hydrogen) atoms. The van der Waals surface area contributed by atoms with E-state index in [9.17, 15) is 0 Å².